The smallest absolute Gasteiger partial charge is 0.0934 e. The first-order chi connectivity index (χ1) is 8.72. The highest BCUT2D eigenvalue weighted by molar-refractivity contribution is 9.11. The van der Waals surface area contributed by atoms with Crippen LogP contribution in [0.25, 0.3) is 0 Å². The Morgan fingerprint density at radius 1 is 1.39 bits per heavy atom. The van der Waals surface area contributed by atoms with Crippen LogP contribution in [0.5, 0.6) is 0 Å². The lowest BCUT2D eigenvalue weighted by molar-refractivity contribution is 0.535. The van der Waals surface area contributed by atoms with Gasteiger partial charge in [-0.3, -0.25) is 0 Å². The molecule has 0 saturated carbocycles. The third-order valence-electron chi connectivity index (χ3n) is 3.24. The molecule has 2 heterocycles. The van der Waals surface area contributed by atoms with Gasteiger partial charge in [-0.2, -0.15) is 0 Å². The summed E-state index contributed by atoms with van der Waals surface area (Å²) in [6.45, 7) is 1.03. The number of hydrogen-bond donors (Lipinski definition) is 1. The van der Waals surface area contributed by atoms with Crippen LogP contribution in [0.15, 0.2) is 22.0 Å². The SMILES string of the molecule is Clc1cc2c(s1)CCC2NCCc1ccc(Br)s1. The van der Waals surface area contributed by atoms with Crippen LogP contribution in [-0.2, 0) is 12.8 Å². The highest BCUT2D eigenvalue weighted by Gasteiger charge is 2.24. The highest BCUT2D eigenvalue weighted by Crippen LogP contribution is 2.39. The van der Waals surface area contributed by atoms with Gasteiger partial charge in [0.05, 0.1) is 8.12 Å². The minimum atomic E-state index is 0.507. The van der Waals surface area contributed by atoms with Crippen molar-refractivity contribution < 1.29 is 0 Å². The van der Waals surface area contributed by atoms with Gasteiger partial charge < -0.3 is 5.32 Å². The Morgan fingerprint density at radius 3 is 3.06 bits per heavy atom. The molecule has 2 aromatic rings. The molecule has 0 saturated heterocycles. The molecule has 0 fully saturated rings. The Kier molecular flexibility index (Phi) is 4.11. The molecule has 0 bridgehead atoms. The van der Waals surface area contributed by atoms with E-state index in [-0.39, 0.29) is 0 Å². The van der Waals surface area contributed by atoms with Crippen LogP contribution in [0, 0.1) is 0 Å². The van der Waals surface area contributed by atoms with Crippen molar-refractivity contribution in [3.63, 3.8) is 0 Å². The zero-order valence-electron chi connectivity index (χ0n) is 9.71. The predicted molar refractivity (Wildman–Crippen MR) is 84.1 cm³/mol. The first-order valence-electron chi connectivity index (χ1n) is 5.98. The lowest BCUT2D eigenvalue weighted by Crippen LogP contribution is -2.21. The predicted octanol–water partition coefficient (Wildman–Crippen LogP) is 5.05. The van der Waals surface area contributed by atoms with E-state index in [4.69, 9.17) is 11.6 Å². The largest absolute Gasteiger partial charge is 0.310 e. The average molecular weight is 363 g/mol. The Balaban J connectivity index is 1.55. The number of thiophene rings is 2. The molecule has 0 radical (unpaired) electrons. The lowest BCUT2D eigenvalue weighted by atomic mass is 10.2. The second-order valence-corrected chi connectivity index (χ2v) is 8.75. The molecular weight excluding hydrogens is 350 g/mol. The quantitative estimate of drug-likeness (QED) is 0.803. The maximum atomic E-state index is 6.06. The van der Waals surface area contributed by atoms with E-state index in [1.165, 1.54) is 31.9 Å². The number of aryl methyl sites for hydroxylation is 1. The summed E-state index contributed by atoms with van der Waals surface area (Å²) in [6.07, 6.45) is 3.49. The second kappa shape index (κ2) is 5.63. The van der Waals surface area contributed by atoms with Crippen molar-refractivity contribution in [2.24, 2.45) is 0 Å². The van der Waals surface area contributed by atoms with Crippen LogP contribution in [0.1, 0.15) is 27.8 Å². The molecule has 1 unspecified atom stereocenters. The molecule has 2 aromatic heterocycles. The first kappa shape index (κ1) is 13.1. The van der Waals surface area contributed by atoms with Gasteiger partial charge in [0.15, 0.2) is 0 Å². The molecule has 0 aliphatic heterocycles. The molecule has 1 aliphatic carbocycles. The van der Waals surface area contributed by atoms with Crippen LogP contribution in [0.3, 0.4) is 0 Å². The third-order valence-corrected chi connectivity index (χ3v) is 6.26. The second-order valence-electron chi connectivity index (χ2n) is 4.43. The standard InChI is InChI=1S/C13H13BrClNS2/c14-12-4-1-8(17-12)5-6-16-10-2-3-11-9(10)7-13(15)18-11/h1,4,7,10,16H,2-3,5-6H2. The molecule has 1 N–H and O–H groups in total. The van der Waals surface area contributed by atoms with E-state index in [1.54, 1.807) is 11.3 Å². The molecule has 96 valence electrons. The number of halogens is 2. The van der Waals surface area contributed by atoms with E-state index in [0.717, 1.165) is 17.3 Å². The fourth-order valence-corrected chi connectivity index (χ4v) is 5.24. The summed E-state index contributed by atoms with van der Waals surface area (Å²) >= 11 is 13.1. The number of fused-ring (bicyclic) bond motifs is 1. The minimum absolute atomic E-state index is 0.507. The maximum absolute atomic E-state index is 6.06. The molecule has 1 aliphatic rings. The van der Waals surface area contributed by atoms with Crippen molar-refractivity contribution in [2.75, 3.05) is 6.54 Å². The number of hydrogen-bond acceptors (Lipinski definition) is 3. The summed E-state index contributed by atoms with van der Waals surface area (Å²) in [5.41, 5.74) is 1.43. The van der Waals surface area contributed by atoms with Gasteiger partial charge in [-0.25, -0.2) is 0 Å². The van der Waals surface area contributed by atoms with Gasteiger partial charge in [0, 0.05) is 22.3 Å². The summed E-state index contributed by atoms with van der Waals surface area (Å²) < 4.78 is 2.14. The molecule has 5 heteroatoms. The summed E-state index contributed by atoms with van der Waals surface area (Å²) in [6, 6.07) is 6.95. The van der Waals surface area contributed by atoms with E-state index in [2.05, 4.69) is 39.4 Å². The van der Waals surface area contributed by atoms with Gasteiger partial charge in [-0.15, -0.1) is 22.7 Å². The van der Waals surface area contributed by atoms with Gasteiger partial charge in [-0.05, 0) is 59.0 Å². The van der Waals surface area contributed by atoms with E-state index in [9.17, 15) is 0 Å². The monoisotopic (exact) mass is 361 g/mol. The van der Waals surface area contributed by atoms with Crippen LogP contribution in [-0.4, -0.2) is 6.54 Å². The van der Waals surface area contributed by atoms with E-state index < -0.39 is 0 Å². The van der Waals surface area contributed by atoms with Crippen molar-refractivity contribution in [1.29, 1.82) is 0 Å². The fraction of sp³-hybridized carbons (Fsp3) is 0.385. The lowest BCUT2D eigenvalue weighted by Gasteiger charge is -2.12. The number of rotatable bonds is 4. The normalized spacial score (nSPS) is 18.2. The van der Waals surface area contributed by atoms with Crippen LogP contribution in [0.2, 0.25) is 4.34 Å². The Bertz CT molecular complexity index is 549. The van der Waals surface area contributed by atoms with E-state index in [1.807, 2.05) is 11.3 Å². The Labute approximate surface area is 128 Å². The summed E-state index contributed by atoms with van der Waals surface area (Å²) in [7, 11) is 0. The van der Waals surface area contributed by atoms with Gasteiger partial charge >= 0.3 is 0 Å². The molecule has 3 rings (SSSR count). The summed E-state index contributed by atoms with van der Waals surface area (Å²) in [5, 5.41) is 3.65. The van der Waals surface area contributed by atoms with Gasteiger partial charge in [-0.1, -0.05) is 11.6 Å². The molecule has 0 amide bonds. The summed E-state index contributed by atoms with van der Waals surface area (Å²) in [4.78, 5) is 2.90. The fourth-order valence-electron chi connectivity index (χ4n) is 2.40. The average Bonchev–Trinajstić information content (AvgIpc) is 2.97. The zero-order chi connectivity index (χ0) is 12.5. The van der Waals surface area contributed by atoms with Crippen molar-refractivity contribution in [2.45, 2.75) is 25.3 Å². The van der Waals surface area contributed by atoms with Crippen molar-refractivity contribution in [3.05, 3.63) is 41.6 Å². The van der Waals surface area contributed by atoms with Crippen LogP contribution in [0.4, 0.5) is 0 Å². The topological polar surface area (TPSA) is 12.0 Å². The maximum Gasteiger partial charge on any atom is 0.0934 e. The van der Waals surface area contributed by atoms with Crippen molar-refractivity contribution in [1.82, 2.24) is 5.32 Å². The molecule has 0 aromatic carbocycles. The molecule has 1 atom stereocenters. The Hall–Kier alpha value is 0.130. The Morgan fingerprint density at radius 2 is 2.28 bits per heavy atom. The number of nitrogens with one attached hydrogen (secondary N) is 1. The highest BCUT2D eigenvalue weighted by atomic mass is 79.9. The minimum Gasteiger partial charge on any atom is -0.310 e. The summed E-state index contributed by atoms with van der Waals surface area (Å²) in [5.74, 6) is 0. The van der Waals surface area contributed by atoms with Gasteiger partial charge in [0.25, 0.3) is 0 Å². The van der Waals surface area contributed by atoms with Gasteiger partial charge in [0.2, 0.25) is 0 Å². The molecular formula is C13H13BrClNS2. The van der Waals surface area contributed by atoms with Crippen molar-refractivity contribution in [3.8, 4) is 0 Å². The van der Waals surface area contributed by atoms with E-state index >= 15 is 0 Å². The first-order valence-corrected chi connectivity index (χ1v) is 8.78. The molecule has 0 spiro atoms. The van der Waals surface area contributed by atoms with E-state index in [0.29, 0.717) is 6.04 Å². The van der Waals surface area contributed by atoms with Crippen LogP contribution >= 0.6 is 50.2 Å². The molecule has 18 heavy (non-hydrogen) atoms. The van der Waals surface area contributed by atoms with Gasteiger partial charge in [0.1, 0.15) is 0 Å². The zero-order valence-corrected chi connectivity index (χ0v) is 13.7. The third kappa shape index (κ3) is 2.83. The molecule has 1 nitrogen and oxygen atoms in total. The van der Waals surface area contributed by atoms with Crippen LogP contribution < -0.4 is 5.32 Å². The van der Waals surface area contributed by atoms with Crippen molar-refractivity contribution >= 4 is 50.2 Å².